The fourth-order valence-corrected chi connectivity index (χ4v) is 1.29. The fourth-order valence-electron chi connectivity index (χ4n) is 1.29. The Morgan fingerprint density at radius 3 is 2.79 bits per heavy atom. The van der Waals surface area contributed by atoms with Crippen LogP contribution in [0.25, 0.3) is 0 Å². The molecule has 0 aromatic carbocycles. The van der Waals surface area contributed by atoms with Crippen LogP contribution in [0.15, 0.2) is 12.3 Å². The molecule has 1 heterocycles. The minimum Gasteiger partial charge on any atom is -0.381 e. The Hall–Kier alpha value is -1.09. The molecule has 0 bridgehead atoms. The van der Waals surface area contributed by atoms with E-state index in [2.05, 4.69) is 17.2 Å². The summed E-state index contributed by atoms with van der Waals surface area (Å²) in [6.45, 7) is 6.93. The van der Waals surface area contributed by atoms with E-state index in [0.29, 0.717) is 0 Å². The maximum absolute atomic E-state index is 5.17. The molecule has 0 saturated carbocycles. The zero-order valence-corrected chi connectivity index (χ0v) is 9.29. The lowest BCUT2D eigenvalue weighted by Gasteiger charge is -2.15. The minimum atomic E-state index is 0.217. The zero-order valence-electron chi connectivity index (χ0n) is 9.29. The molecule has 0 saturated heterocycles. The van der Waals surface area contributed by atoms with Gasteiger partial charge in [0, 0.05) is 19.9 Å². The normalized spacial score (nSPS) is 12.6. The van der Waals surface area contributed by atoms with E-state index in [4.69, 9.17) is 4.74 Å². The predicted molar refractivity (Wildman–Crippen MR) is 58.7 cm³/mol. The molecular weight excluding hydrogens is 176 g/mol. The SMILES string of the molecule is COC(C)CNc1c(C)ccnc1C. The van der Waals surface area contributed by atoms with Crippen LogP contribution in [0.1, 0.15) is 18.2 Å². The first-order chi connectivity index (χ1) is 6.65. The molecule has 1 aromatic rings. The van der Waals surface area contributed by atoms with Crippen molar-refractivity contribution in [3.63, 3.8) is 0 Å². The summed E-state index contributed by atoms with van der Waals surface area (Å²) >= 11 is 0. The summed E-state index contributed by atoms with van der Waals surface area (Å²) < 4.78 is 5.17. The van der Waals surface area contributed by atoms with Gasteiger partial charge in [0.05, 0.1) is 17.5 Å². The van der Waals surface area contributed by atoms with Gasteiger partial charge in [-0.15, -0.1) is 0 Å². The molecule has 1 N–H and O–H groups in total. The van der Waals surface area contributed by atoms with Crippen LogP contribution in [0.2, 0.25) is 0 Å². The molecule has 3 heteroatoms. The van der Waals surface area contributed by atoms with Crippen molar-refractivity contribution < 1.29 is 4.74 Å². The molecule has 1 unspecified atom stereocenters. The van der Waals surface area contributed by atoms with Gasteiger partial charge in [-0.1, -0.05) is 0 Å². The van der Waals surface area contributed by atoms with Crippen LogP contribution in [-0.4, -0.2) is 24.7 Å². The zero-order chi connectivity index (χ0) is 10.6. The van der Waals surface area contributed by atoms with Crippen molar-refractivity contribution in [3.8, 4) is 0 Å². The van der Waals surface area contributed by atoms with E-state index in [1.807, 2.05) is 26.1 Å². The number of rotatable bonds is 4. The first-order valence-corrected chi connectivity index (χ1v) is 4.84. The number of pyridine rings is 1. The first-order valence-electron chi connectivity index (χ1n) is 4.84. The summed E-state index contributed by atoms with van der Waals surface area (Å²) in [5, 5.41) is 3.34. The number of ether oxygens (including phenoxy) is 1. The predicted octanol–water partition coefficient (Wildman–Crippen LogP) is 2.15. The summed E-state index contributed by atoms with van der Waals surface area (Å²) in [4.78, 5) is 4.24. The Balaban J connectivity index is 2.66. The molecular formula is C11H18N2O. The number of methoxy groups -OCH3 is 1. The molecule has 1 atom stereocenters. The number of hydrogen-bond acceptors (Lipinski definition) is 3. The van der Waals surface area contributed by atoms with Gasteiger partial charge in [0.1, 0.15) is 0 Å². The number of aromatic nitrogens is 1. The van der Waals surface area contributed by atoms with Gasteiger partial charge in [-0.05, 0) is 32.4 Å². The molecule has 0 aliphatic carbocycles. The number of nitrogens with one attached hydrogen (secondary N) is 1. The van der Waals surface area contributed by atoms with Crippen molar-refractivity contribution >= 4 is 5.69 Å². The molecule has 1 rings (SSSR count). The maximum atomic E-state index is 5.17. The van der Waals surface area contributed by atoms with Crippen LogP contribution >= 0.6 is 0 Å². The van der Waals surface area contributed by atoms with E-state index in [-0.39, 0.29) is 6.10 Å². The van der Waals surface area contributed by atoms with Crippen molar-refractivity contribution in [3.05, 3.63) is 23.5 Å². The van der Waals surface area contributed by atoms with E-state index >= 15 is 0 Å². The second-order valence-corrected chi connectivity index (χ2v) is 3.52. The Labute approximate surface area is 85.5 Å². The monoisotopic (exact) mass is 194 g/mol. The number of aryl methyl sites for hydroxylation is 2. The largest absolute Gasteiger partial charge is 0.381 e. The highest BCUT2D eigenvalue weighted by atomic mass is 16.5. The molecule has 1 aromatic heterocycles. The second kappa shape index (κ2) is 4.96. The third kappa shape index (κ3) is 2.70. The van der Waals surface area contributed by atoms with Crippen LogP contribution < -0.4 is 5.32 Å². The third-order valence-corrected chi connectivity index (χ3v) is 2.32. The summed E-state index contributed by atoms with van der Waals surface area (Å²) in [7, 11) is 1.72. The number of anilines is 1. The topological polar surface area (TPSA) is 34.1 Å². The molecule has 0 amide bonds. The van der Waals surface area contributed by atoms with E-state index < -0.39 is 0 Å². The number of nitrogens with zero attached hydrogens (tertiary/aromatic N) is 1. The van der Waals surface area contributed by atoms with Gasteiger partial charge in [-0.2, -0.15) is 0 Å². The highest BCUT2D eigenvalue weighted by molar-refractivity contribution is 5.53. The standard InChI is InChI=1S/C11H18N2O/c1-8-5-6-12-10(3)11(8)13-7-9(2)14-4/h5-6,9,13H,7H2,1-4H3. The molecule has 0 fully saturated rings. The average Bonchev–Trinajstić information content (AvgIpc) is 2.16. The minimum absolute atomic E-state index is 0.217. The summed E-state index contributed by atoms with van der Waals surface area (Å²) in [5.74, 6) is 0. The maximum Gasteiger partial charge on any atom is 0.0715 e. The van der Waals surface area contributed by atoms with Gasteiger partial charge in [-0.25, -0.2) is 0 Å². The average molecular weight is 194 g/mol. The van der Waals surface area contributed by atoms with Gasteiger partial charge >= 0.3 is 0 Å². The van der Waals surface area contributed by atoms with Crippen LogP contribution in [0.4, 0.5) is 5.69 Å². The molecule has 78 valence electrons. The lowest BCUT2D eigenvalue weighted by atomic mass is 10.2. The van der Waals surface area contributed by atoms with E-state index in [1.54, 1.807) is 7.11 Å². The van der Waals surface area contributed by atoms with E-state index in [1.165, 1.54) is 5.56 Å². The molecule has 0 aliphatic heterocycles. The van der Waals surface area contributed by atoms with Crippen molar-refractivity contribution in [1.82, 2.24) is 4.98 Å². The lowest BCUT2D eigenvalue weighted by molar-refractivity contribution is 0.129. The molecule has 0 spiro atoms. The van der Waals surface area contributed by atoms with Crippen molar-refractivity contribution in [2.75, 3.05) is 19.0 Å². The quantitative estimate of drug-likeness (QED) is 0.797. The fraction of sp³-hybridized carbons (Fsp3) is 0.545. The van der Waals surface area contributed by atoms with Crippen molar-refractivity contribution in [2.24, 2.45) is 0 Å². The van der Waals surface area contributed by atoms with E-state index in [0.717, 1.165) is 17.9 Å². The van der Waals surface area contributed by atoms with Gasteiger partial charge in [0.2, 0.25) is 0 Å². The Kier molecular flexibility index (Phi) is 3.89. The Bertz CT molecular complexity index is 279. The van der Waals surface area contributed by atoms with Crippen LogP contribution in [0.3, 0.4) is 0 Å². The van der Waals surface area contributed by atoms with Crippen molar-refractivity contribution in [1.29, 1.82) is 0 Å². The van der Waals surface area contributed by atoms with Gasteiger partial charge < -0.3 is 10.1 Å². The van der Waals surface area contributed by atoms with E-state index in [9.17, 15) is 0 Å². The molecule has 0 aliphatic rings. The van der Waals surface area contributed by atoms with Crippen LogP contribution in [0.5, 0.6) is 0 Å². The highest BCUT2D eigenvalue weighted by Gasteiger charge is 2.04. The molecule has 14 heavy (non-hydrogen) atoms. The number of hydrogen-bond donors (Lipinski definition) is 1. The Morgan fingerprint density at radius 1 is 1.50 bits per heavy atom. The van der Waals surface area contributed by atoms with Gasteiger partial charge in [-0.3, -0.25) is 4.98 Å². The van der Waals surface area contributed by atoms with Crippen molar-refractivity contribution in [2.45, 2.75) is 26.9 Å². The molecule has 0 radical (unpaired) electrons. The van der Waals surface area contributed by atoms with Gasteiger partial charge in [0.25, 0.3) is 0 Å². The summed E-state index contributed by atoms with van der Waals surface area (Å²) in [5.41, 5.74) is 3.38. The highest BCUT2D eigenvalue weighted by Crippen LogP contribution is 2.16. The summed E-state index contributed by atoms with van der Waals surface area (Å²) in [6, 6.07) is 2.01. The first kappa shape index (κ1) is 11.0. The van der Waals surface area contributed by atoms with Crippen LogP contribution in [0, 0.1) is 13.8 Å². The third-order valence-electron chi connectivity index (χ3n) is 2.32. The molecule has 3 nitrogen and oxygen atoms in total. The van der Waals surface area contributed by atoms with Gasteiger partial charge in [0.15, 0.2) is 0 Å². The second-order valence-electron chi connectivity index (χ2n) is 3.52. The Morgan fingerprint density at radius 2 is 2.21 bits per heavy atom. The lowest BCUT2D eigenvalue weighted by Crippen LogP contribution is -2.19. The smallest absolute Gasteiger partial charge is 0.0715 e. The summed E-state index contributed by atoms with van der Waals surface area (Å²) in [6.07, 6.45) is 2.05. The van der Waals surface area contributed by atoms with Crippen LogP contribution in [-0.2, 0) is 4.74 Å².